The molecule has 0 unspecified atom stereocenters. The molecule has 0 heterocycles. The molecule has 0 spiro atoms. The van der Waals surface area contributed by atoms with Gasteiger partial charge in [0, 0.05) is 19.5 Å². The Hall–Kier alpha value is -0.220. The zero-order valence-corrected chi connectivity index (χ0v) is 10.4. The molecule has 14 heavy (non-hydrogen) atoms. The lowest BCUT2D eigenvalue weighted by molar-refractivity contribution is -0.130. The average Bonchev–Trinajstić information content (AvgIpc) is 2.12. The molecule has 0 aromatic carbocycles. The predicted molar refractivity (Wildman–Crippen MR) is 63.9 cm³/mol. The first-order valence-corrected chi connectivity index (χ1v) is 5.78. The van der Waals surface area contributed by atoms with Crippen LogP contribution >= 0.6 is 12.6 Å². The number of carbonyl (C=O) groups excluding carboxylic acids is 1. The first-order valence-electron chi connectivity index (χ1n) is 5.15. The first-order chi connectivity index (χ1) is 6.61. The van der Waals surface area contributed by atoms with Crippen molar-refractivity contribution in [2.24, 2.45) is 0 Å². The zero-order chi connectivity index (χ0) is 11.0. The van der Waals surface area contributed by atoms with Gasteiger partial charge in [-0.3, -0.25) is 4.79 Å². The van der Waals surface area contributed by atoms with Gasteiger partial charge in [0.15, 0.2) is 0 Å². The molecule has 0 radical (unpaired) electrons. The van der Waals surface area contributed by atoms with E-state index < -0.39 is 0 Å². The van der Waals surface area contributed by atoms with Crippen LogP contribution in [-0.2, 0) is 4.79 Å². The van der Waals surface area contributed by atoms with Crippen molar-refractivity contribution < 1.29 is 4.79 Å². The third-order valence-electron chi connectivity index (χ3n) is 2.09. The molecule has 0 aliphatic carbocycles. The van der Waals surface area contributed by atoms with Crippen molar-refractivity contribution in [2.75, 3.05) is 39.5 Å². The van der Waals surface area contributed by atoms with E-state index in [1.165, 1.54) is 0 Å². The van der Waals surface area contributed by atoms with Crippen molar-refractivity contribution in [3.63, 3.8) is 0 Å². The van der Waals surface area contributed by atoms with Crippen LogP contribution in [-0.4, -0.2) is 55.2 Å². The minimum absolute atomic E-state index is 0.223. The standard InChI is InChI=1S/C10H22N2OS/c1-4-12(10(13)6-9-14)8-5-7-11(2)3/h14H,4-9H2,1-3H3. The zero-order valence-electron chi connectivity index (χ0n) is 9.49. The molecule has 1 amide bonds. The number of hydrogen-bond donors (Lipinski definition) is 1. The summed E-state index contributed by atoms with van der Waals surface area (Å²) in [5.74, 6) is 0.865. The SMILES string of the molecule is CCN(CCCN(C)C)C(=O)CCS. The molecule has 0 atom stereocenters. The fourth-order valence-electron chi connectivity index (χ4n) is 1.29. The Labute approximate surface area is 92.9 Å². The van der Waals surface area contributed by atoms with Crippen LogP contribution in [0.2, 0.25) is 0 Å². The molecule has 0 saturated carbocycles. The second-order valence-corrected chi connectivity index (χ2v) is 4.05. The van der Waals surface area contributed by atoms with Crippen LogP contribution in [0.1, 0.15) is 19.8 Å². The van der Waals surface area contributed by atoms with E-state index in [2.05, 4.69) is 17.5 Å². The highest BCUT2D eigenvalue weighted by Gasteiger charge is 2.09. The average molecular weight is 218 g/mol. The smallest absolute Gasteiger partial charge is 0.223 e. The van der Waals surface area contributed by atoms with E-state index in [0.29, 0.717) is 12.2 Å². The molecule has 0 saturated heterocycles. The Balaban J connectivity index is 3.73. The summed E-state index contributed by atoms with van der Waals surface area (Å²) in [4.78, 5) is 15.6. The van der Waals surface area contributed by atoms with E-state index in [1.54, 1.807) is 0 Å². The lowest BCUT2D eigenvalue weighted by Gasteiger charge is -2.21. The van der Waals surface area contributed by atoms with Crippen LogP contribution in [0, 0.1) is 0 Å². The summed E-state index contributed by atoms with van der Waals surface area (Å²) in [6, 6.07) is 0. The van der Waals surface area contributed by atoms with Gasteiger partial charge in [-0.25, -0.2) is 0 Å². The molecule has 3 nitrogen and oxygen atoms in total. The Morgan fingerprint density at radius 2 is 1.93 bits per heavy atom. The molecule has 0 aromatic rings. The van der Waals surface area contributed by atoms with E-state index in [4.69, 9.17) is 0 Å². The second kappa shape index (κ2) is 8.12. The van der Waals surface area contributed by atoms with Gasteiger partial charge in [-0.15, -0.1) is 0 Å². The van der Waals surface area contributed by atoms with E-state index in [9.17, 15) is 4.79 Å². The van der Waals surface area contributed by atoms with Crippen molar-refractivity contribution in [1.82, 2.24) is 9.80 Å². The van der Waals surface area contributed by atoms with Crippen molar-refractivity contribution in [3.8, 4) is 0 Å². The van der Waals surface area contributed by atoms with Crippen LogP contribution < -0.4 is 0 Å². The summed E-state index contributed by atoms with van der Waals surface area (Å²) in [5, 5.41) is 0. The molecule has 0 rings (SSSR count). The quantitative estimate of drug-likeness (QED) is 0.647. The fourth-order valence-corrected chi connectivity index (χ4v) is 1.48. The van der Waals surface area contributed by atoms with E-state index in [-0.39, 0.29) is 5.91 Å². The molecule has 84 valence electrons. The molecule has 0 aliphatic rings. The summed E-state index contributed by atoms with van der Waals surface area (Å²) < 4.78 is 0. The van der Waals surface area contributed by atoms with Gasteiger partial charge < -0.3 is 9.80 Å². The molecule has 0 aliphatic heterocycles. The van der Waals surface area contributed by atoms with Crippen LogP contribution in [0.3, 0.4) is 0 Å². The maximum absolute atomic E-state index is 11.5. The van der Waals surface area contributed by atoms with Crippen LogP contribution in [0.15, 0.2) is 0 Å². The highest BCUT2D eigenvalue weighted by atomic mass is 32.1. The highest BCUT2D eigenvalue weighted by Crippen LogP contribution is 1.98. The van der Waals surface area contributed by atoms with E-state index in [1.807, 2.05) is 25.9 Å². The van der Waals surface area contributed by atoms with Gasteiger partial charge >= 0.3 is 0 Å². The minimum Gasteiger partial charge on any atom is -0.343 e. The van der Waals surface area contributed by atoms with Crippen molar-refractivity contribution in [3.05, 3.63) is 0 Å². The largest absolute Gasteiger partial charge is 0.343 e. The van der Waals surface area contributed by atoms with Gasteiger partial charge in [0.25, 0.3) is 0 Å². The lowest BCUT2D eigenvalue weighted by Crippen LogP contribution is -2.33. The number of amides is 1. The number of rotatable bonds is 7. The monoisotopic (exact) mass is 218 g/mol. The topological polar surface area (TPSA) is 23.6 Å². The Morgan fingerprint density at radius 1 is 1.29 bits per heavy atom. The number of nitrogens with zero attached hydrogens (tertiary/aromatic N) is 2. The van der Waals surface area contributed by atoms with Gasteiger partial charge in [0.05, 0.1) is 0 Å². The fraction of sp³-hybridized carbons (Fsp3) is 0.900. The Morgan fingerprint density at radius 3 is 2.36 bits per heavy atom. The third-order valence-corrected chi connectivity index (χ3v) is 2.32. The summed E-state index contributed by atoms with van der Waals surface area (Å²) >= 11 is 4.06. The Kier molecular flexibility index (Phi) is 7.99. The van der Waals surface area contributed by atoms with Crippen molar-refractivity contribution in [2.45, 2.75) is 19.8 Å². The van der Waals surface area contributed by atoms with Crippen LogP contribution in [0.4, 0.5) is 0 Å². The van der Waals surface area contributed by atoms with Crippen molar-refractivity contribution >= 4 is 18.5 Å². The summed E-state index contributed by atoms with van der Waals surface area (Å²) in [7, 11) is 4.09. The van der Waals surface area contributed by atoms with E-state index in [0.717, 1.165) is 26.1 Å². The summed E-state index contributed by atoms with van der Waals surface area (Å²) in [6.45, 7) is 4.72. The maximum Gasteiger partial charge on any atom is 0.223 e. The van der Waals surface area contributed by atoms with Gasteiger partial charge in [0.1, 0.15) is 0 Å². The third kappa shape index (κ3) is 6.27. The predicted octanol–water partition coefficient (Wildman–Crippen LogP) is 1.11. The van der Waals surface area contributed by atoms with E-state index >= 15 is 0 Å². The van der Waals surface area contributed by atoms with Gasteiger partial charge in [-0.2, -0.15) is 12.6 Å². The molecular formula is C10H22N2OS. The second-order valence-electron chi connectivity index (χ2n) is 3.60. The highest BCUT2D eigenvalue weighted by molar-refractivity contribution is 7.80. The first kappa shape index (κ1) is 13.8. The maximum atomic E-state index is 11.5. The molecule has 4 heteroatoms. The number of hydrogen-bond acceptors (Lipinski definition) is 3. The molecule has 0 bridgehead atoms. The normalized spacial score (nSPS) is 10.6. The summed E-state index contributed by atoms with van der Waals surface area (Å²) in [5.41, 5.74) is 0. The summed E-state index contributed by atoms with van der Waals surface area (Å²) in [6.07, 6.45) is 1.60. The minimum atomic E-state index is 0.223. The molecular weight excluding hydrogens is 196 g/mol. The van der Waals surface area contributed by atoms with Gasteiger partial charge in [-0.1, -0.05) is 0 Å². The van der Waals surface area contributed by atoms with Crippen molar-refractivity contribution in [1.29, 1.82) is 0 Å². The van der Waals surface area contributed by atoms with Gasteiger partial charge in [-0.05, 0) is 39.7 Å². The molecule has 0 fully saturated rings. The molecule has 0 aromatic heterocycles. The van der Waals surface area contributed by atoms with Crippen LogP contribution in [0.25, 0.3) is 0 Å². The number of carbonyl (C=O) groups is 1. The lowest BCUT2D eigenvalue weighted by atomic mass is 10.3. The van der Waals surface area contributed by atoms with Crippen LogP contribution in [0.5, 0.6) is 0 Å². The molecule has 0 N–H and O–H groups in total. The Bertz CT molecular complexity index is 162. The number of thiol groups is 1. The van der Waals surface area contributed by atoms with Gasteiger partial charge in [0.2, 0.25) is 5.91 Å².